The number of carboxylic acids is 1. The zero-order valence-corrected chi connectivity index (χ0v) is 53.9. The fraction of sp³-hybridized carbons (Fsp3) is 0.460. The van der Waals surface area contributed by atoms with E-state index < -0.39 is 132 Å². The average molecular weight is 1330 g/mol. The predicted molar refractivity (Wildman–Crippen MR) is 348 cm³/mol. The van der Waals surface area contributed by atoms with Gasteiger partial charge in [0, 0.05) is 70.2 Å². The first-order valence-corrected chi connectivity index (χ1v) is 30.9. The number of halogens is 1. The Kier molecular flexibility index (Phi) is 31.6. The summed E-state index contributed by atoms with van der Waals surface area (Å²) in [5, 5.41) is 43.9. The molecule has 0 saturated carbocycles. The number of nitrogens with two attached hydrogens (primary N) is 4. The van der Waals surface area contributed by atoms with Gasteiger partial charge >= 0.3 is 6.03 Å². The Balaban J connectivity index is 0.00000457. The number of nitrogens with zero attached hydrogens (tertiary/aromatic N) is 3. The number of aliphatic hydroxyl groups is 1. The minimum atomic E-state index is -1.79. The number of rotatable bonds is 34. The van der Waals surface area contributed by atoms with Crippen molar-refractivity contribution in [1.29, 1.82) is 0 Å². The summed E-state index contributed by atoms with van der Waals surface area (Å²) in [5.41, 5.74) is 23.4. The molecule has 12 amide bonds. The van der Waals surface area contributed by atoms with Gasteiger partial charge in [0.25, 0.3) is 5.97 Å². The van der Waals surface area contributed by atoms with Gasteiger partial charge in [-0.05, 0) is 103 Å². The van der Waals surface area contributed by atoms with E-state index in [2.05, 4.69) is 57.8 Å². The fourth-order valence-electron chi connectivity index (χ4n) is 10.0. The number of urea groups is 1. The Morgan fingerprint density at radius 2 is 1.14 bits per heavy atom. The number of amides is 12. The van der Waals surface area contributed by atoms with Crippen LogP contribution in [-0.4, -0.2) is 178 Å². The molecule has 0 radical (unpaired) electrons. The highest BCUT2D eigenvalue weighted by Gasteiger charge is 2.40. The minimum Gasteiger partial charge on any atom is -0.481 e. The van der Waals surface area contributed by atoms with Crippen molar-refractivity contribution in [3.8, 4) is 0 Å². The molecular formula is C63H87ClN16O14. The Hall–Kier alpha value is -9.97. The molecule has 1 aliphatic rings. The maximum Gasteiger partial charge on any atom is 0.312 e. The SMILES string of the molecule is CC(=O)N[C@H](Cc1ccc2ccccc2c1)C(=O)N[C@H](Cc1ccc(Cl)cc1)C(=O)N[C@H](Cc1cccnc1)C(=O)N[C@@H](CO)C(=O)N[C@H](CCCNC(N)=O)C(=O)N[C@@H](CC(C)C)C(=O)N[C@@H](CCCN=C(N)N)C(=O)N1CCC[C@H]1C(=O)N[C@H](C)C(N)=O.CC(=O)O. The molecule has 5 rings (SSSR count). The van der Waals surface area contributed by atoms with Crippen LogP contribution >= 0.6 is 11.6 Å². The zero-order valence-electron chi connectivity index (χ0n) is 53.2. The number of guanidine groups is 1. The number of hydrogen-bond donors (Lipinski definition) is 15. The van der Waals surface area contributed by atoms with Crippen molar-refractivity contribution in [3.63, 3.8) is 0 Å². The summed E-state index contributed by atoms with van der Waals surface area (Å²) >= 11 is 6.20. The molecule has 1 saturated heterocycles. The number of pyridine rings is 1. The van der Waals surface area contributed by atoms with Crippen molar-refractivity contribution in [1.82, 2.24) is 57.7 Å². The number of benzene rings is 3. The molecule has 94 heavy (non-hydrogen) atoms. The second-order valence-electron chi connectivity index (χ2n) is 22.9. The average Bonchev–Trinajstić information content (AvgIpc) is 1.50. The van der Waals surface area contributed by atoms with Crippen LogP contribution in [0.25, 0.3) is 10.8 Å². The standard InChI is InChI=1S/C61H83ClN16O12.C2H4O2/c1-34(2)27-45(53(83)73-44(15-9-24-68-60(64)65)59(89)78-26-10-16-50(78)58(88)70-35(3)51(63)81)74-52(82)43(14-8-25-69-61(66)90)72-57(87)49(33-79)77-56(86)48(31-39-11-7-23-67-32-39)76-55(85)47(29-37-18-21-42(62)22-19-37)75-54(84)46(71-36(4)80)30-38-17-20-40-12-5-6-13-41(40)28-38;1-2(3)4/h5-7,11-13,17-23,28,32,34-35,43-50,79H,8-10,14-16,24-27,29-31,33H2,1-4H3,(H2,63,81)(H,70,88)(H,71,80)(H,72,87)(H,73,83)(H,74,82)(H,75,84)(H,76,85)(H,77,86)(H4,64,65,68)(H3,66,69,90);1H3,(H,3,4)/t35-,43-,44+,45+,46-,47-,48-,49+,50+;/m1./s1. The molecule has 31 heteroatoms. The van der Waals surface area contributed by atoms with E-state index in [1.165, 1.54) is 31.1 Å². The van der Waals surface area contributed by atoms with Crippen molar-refractivity contribution >= 4 is 99.4 Å². The number of nitrogens with one attached hydrogen (secondary N) is 9. The molecule has 2 heterocycles. The molecule has 0 aliphatic carbocycles. The summed E-state index contributed by atoms with van der Waals surface area (Å²) in [4.78, 5) is 169. The van der Waals surface area contributed by atoms with Crippen LogP contribution in [0.1, 0.15) is 96.3 Å². The summed E-state index contributed by atoms with van der Waals surface area (Å²) < 4.78 is 0. The second-order valence-corrected chi connectivity index (χ2v) is 23.4. The molecular weight excluding hydrogens is 1240 g/mol. The third-order valence-electron chi connectivity index (χ3n) is 14.7. The smallest absolute Gasteiger partial charge is 0.312 e. The quantitative estimate of drug-likeness (QED) is 0.0151. The van der Waals surface area contributed by atoms with E-state index in [4.69, 9.17) is 44.4 Å². The lowest BCUT2D eigenvalue weighted by molar-refractivity contribution is -0.142. The molecule has 1 aromatic heterocycles. The molecule has 1 aliphatic heterocycles. The summed E-state index contributed by atoms with van der Waals surface area (Å²) in [6.07, 6.45) is 3.27. The first kappa shape index (κ1) is 76.5. The summed E-state index contributed by atoms with van der Waals surface area (Å²) in [6, 6.07) is 9.96. The summed E-state index contributed by atoms with van der Waals surface area (Å²) in [6.45, 7) is 6.36. The number of hydrogen-bond acceptors (Lipinski definition) is 15. The van der Waals surface area contributed by atoms with Gasteiger partial charge in [-0.15, -0.1) is 0 Å². The van der Waals surface area contributed by atoms with Crippen molar-refractivity contribution in [2.45, 2.75) is 153 Å². The molecule has 19 N–H and O–H groups in total. The van der Waals surface area contributed by atoms with Crippen molar-refractivity contribution in [2.24, 2.45) is 33.8 Å². The monoisotopic (exact) mass is 1330 g/mol. The topological polar surface area (TPSA) is 486 Å². The largest absolute Gasteiger partial charge is 0.481 e. The Morgan fingerprint density at radius 3 is 1.71 bits per heavy atom. The maximum atomic E-state index is 14.7. The number of aliphatic hydroxyl groups excluding tert-OH is 1. The highest BCUT2D eigenvalue weighted by atomic mass is 35.5. The molecule has 4 aromatic rings. The Bertz CT molecular complexity index is 3300. The summed E-state index contributed by atoms with van der Waals surface area (Å²) in [5.74, 6) is -9.26. The van der Waals surface area contributed by atoms with E-state index in [9.17, 15) is 57.8 Å². The molecule has 3 aromatic carbocycles. The molecule has 0 unspecified atom stereocenters. The molecule has 0 bridgehead atoms. The van der Waals surface area contributed by atoms with E-state index in [0.29, 0.717) is 28.1 Å². The lowest BCUT2D eigenvalue weighted by Gasteiger charge is -2.31. The van der Waals surface area contributed by atoms with Gasteiger partial charge in [-0.2, -0.15) is 0 Å². The second kappa shape index (κ2) is 38.8. The van der Waals surface area contributed by atoms with Crippen LogP contribution in [0.15, 0.2) is 96.2 Å². The highest BCUT2D eigenvalue weighted by molar-refractivity contribution is 6.30. The minimum absolute atomic E-state index is 0.000934. The van der Waals surface area contributed by atoms with Crippen molar-refractivity contribution in [2.75, 3.05) is 26.2 Å². The van der Waals surface area contributed by atoms with Gasteiger partial charge in [0.05, 0.1) is 6.61 Å². The van der Waals surface area contributed by atoms with Crippen LogP contribution in [0.5, 0.6) is 0 Å². The fourth-order valence-corrected chi connectivity index (χ4v) is 10.2. The molecule has 30 nitrogen and oxygen atoms in total. The maximum absolute atomic E-state index is 14.7. The van der Waals surface area contributed by atoms with Crippen LogP contribution in [0, 0.1) is 5.92 Å². The first-order chi connectivity index (χ1) is 44.5. The number of aromatic nitrogens is 1. The Labute approximate surface area is 549 Å². The van der Waals surface area contributed by atoms with Crippen LogP contribution in [0.2, 0.25) is 5.02 Å². The lowest BCUT2D eigenvalue weighted by Crippen LogP contribution is -2.61. The van der Waals surface area contributed by atoms with Gasteiger partial charge < -0.3 is 85.9 Å². The van der Waals surface area contributed by atoms with Gasteiger partial charge in [-0.1, -0.05) is 86.1 Å². The van der Waals surface area contributed by atoms with Gasteiger partial charge in [0.1, 0.15) is 54.4 Å². The molecule has 9 atom stereocenters. The predicted octanol–water partition coefficient (Wildman–Crippen LogP) is -1.06. The normalized spacial score (nSPS) is 15.0. The van der Waals surface area contributed by atoms with E-state index >= 15 is 0 Å². The van der Waals surface area contributed by atoms with E-state index in [0.717, 1.165) is 17.7 Å². The number of carbonyl (C=O) groups is 12. The number of fused-ring (bicyclic) bond motifs is 1. The number of carboxylic acid groups (broad SMARTS) is 1. The van der Waals surface area contributed by atoms with Gasteiger partial charge in [0.15, 0.2) is 5.96 Å². The number of aliphatic carboxylic acids is 1. The number of aliphatic imine (C=N–C) groups is 1. The van der Waals surface area contributed by atoms with E-state index in [1.807, 2.05) is 42.5 Å². The van der Waals surface area contributed by atoms with Gasteiger partial charge in [-0.25, -0.2) is 4.79 Å². The van der Waals surface area contributed by atoms with E-state index in [-0.39, 0.29) is 89.3 Å². The number of carbonyl (C=O) groups excluding carboxylic acids is 11. The van der Waals surface area contributed by atoms with Crippen LogP contribution in [0.3, 0.4) is 0 Å². The van der Waals surface area contributed by atoms with Crippen LogP contribution in [0.4, 0.5) is 4.79 Å². The van der Waals surface area contributed by atoms with Gasteiger partial charge in [-0.3, -0.25) is 62.7 Å². The van der Waals surface area contributed by atoms with Crippen LogP contribution < -0.4 is 70.8 Å². The van der Waals surface area contributed by atoms with Gasteiger partial charge in [0.2, 0.25) is 59.1 Å². The summed E-state index contributed by atoms with van der Waals surface area (Å²) in [7, 11) is 0. The molecule has 0 spiro atoms. The first-order valence-electron chi connectivity index (χ1n) is 30.5. The molecule has 1 fully saturated rings. The third-order valence-corrected chi connectivity index (χ3v) is 14.9. The van der Waals surface area contributed by atoms with Crippen LogP contribution in [-0.2, 0) is 72.0 Å². The number of likely N-dealkylation sites (tertiary alicyclic amines) is 1. The van der Waals surface area contributed by atoms with Crippen molar-refractivity contribution < 1.29 is 67.7 Å². The number of primary amides is 2. The zero-order chi connectivity index (χ0) is 69.6. The van der Waals surface area contributed by atoms with Crippen molar-refractivity contribution in [3.05, 3.63) is 113 Å². The Morgan fingerprint density at radius 1 is 0.617 bits per heavy atom. The lowest BCUT2D eigenvalue weighted by atomic mass is 9.99. The van der Waals surface area contributed by atoms with E-state index in [1.54, 1.807) is 50.2 Å². The molecule has 510 valence electrons. The highest BCUT2D eigenvalue weighted by Crippen LogP contribution is 2.22. The third kappa shape index (κ3) is 26.7.